The van der Waals surface area contributed by atoms with Gasteiger partial charge in [-0.2, -0.15) is 0 Å². The quantitative estimate of drug-likeness (QED) is 0.0262. The van der Waals surface area contributed by atoms with Crippen molar-refractivity contribution in [1.29, 1.82) is 0 Å². The molecular formula is C63H110O6. The molecule has 0 saturated carbocycles. The van der Waals surface area contributed by atoms with Gasteiger partial charge in [0.15, 0.2) is 6.10 Å². The molecule has 0 heterocycles. The van der Waals surface area contributed by atoms with E-state index in [0.29, 0.717) is 19.3 Å². The van der Waals surface area contributed by atoms with Crippen LogP contribution in [-0.2, 0) is 28.6 Å². The first kappa shape index (κ1) is 65.8. The Morgan fingerprint density at radius 2 is 0.551 bits per heavy atom. The summed E-state index contributed by atoms with van der Waals surface area (Å²) in [6.45, 7) is 6.55. The minimum atomic E-state index is -0.807. The molecule has 0 spiro atoms. The van der Waals surface area contributed by atoms with Crippen LogP contribution in [0.25, 0.3) is 0 Å². The van der Waals surface area contributed by atoms with Crippen LogP contribution in [0.3, 0.4) is 0 Å². The third-order valence-corrected chi connectivity index (χ3v) is 12.7. The second-order valence-corrected chi connectivity index (χ2v) is 19.6. The number of rotatable bonds is 53. The van der Waals surface area contributed by atoms with Crippen molar-refractivity contribution in [2.45, 2.75) is 297 Å². The molecule has 398 valence electrons. The normalized spacial score (nSPS) is 12.6. The lowest BCUT2D eigenvalue weighted by molar-refractivity contribution is -0.166. The molecule has 0 aromatic carbocycles. The molecule has 0 aliphatic carbocycles. The molecule has 0 rings (SSSR count). The first-order valence-corrected chi connectivity index (χ1v) is 29.4. The summed E-state index contributed by atoms with van der Waals surface area (Å²) >= 11 is 0. The molecule has 0 aliphatic heterocycles. The Hall–Kier alpha value is -3.15. The van der Waals surface area contributed by atoms with Crippen LogP contribution >= 0.6 is 0 Å². The Morgan fingerprint density at radius 1 is 0.290 bits per heavy atom. The highest BCUT2D eigenvalue weighted by molar-refractivity contribution is 5.71. The topological polar surface area (TPSA) is 78.9 Å². The Morgan fingerprint density at radius 3 is 0.957 bits per heavy atom. The third kappa shape index (κ3) is 55.6. The van der Waals surface area contributed by atoms with Crippen LogP contribution in [-0.4, -0.2) is 37.2 Å². The van der Waals surface area contributed by atoms with Gasteiger partial charge in [0.2, 0.25) is 0 Å². The summed E-state index contributed by atoms with van der Waals surface area (Å²) in [5, 5.41) is 0. The van der Waals surface area contributed by atoms with E-state index in [9.17, 15) is 14.4 Å². The van der Waals surface area contributed by atoms with Crippen LogP contribution in [0, 0.1) is 0 Å². The number of esters is 3. The zero-order chi connectivity index (χ0) is 50.0. The summed E-state index contributed by atoms with van der Waals surface area (Å²) in [7, 11) is 0. The molecule has 0 fully saturated rings. The molecule has 0 aromatic rings. The lowest BCUT2D eigenvalue weighted by Crippen LogP contribution is -2.30. The van der Waals surface area contributed by atoms with Crippen molar-refractivity contribution in [3.8, 4) is 0 Å². The zero-order valence-corrected chi connectivity index (χ0v) is 45.6. The van der Waals surface area contributed by atoms with E-state index in [4.69, 9.17) is 14.2 Å². The molecular weight excluding hydrogens is 853 g/mol. The average molecular weight is 964 g/mol. The third-order valence-electron chi connectivity index (χ3n) is 12.7. The van der Waals surface area contributed by atoms with Crippen LogP contribution < -0.4 is 0 Å². The Bertz CT molecular complexity index is 1290. The number of unbranched alkanes of at least 4 members (excludes halogenated alkanes) is 30. The van der Waals surface area contributed by atoms with Gasteiger partial charge in [-0.05, 0) is 83.5 Å². The van der Waals surface area contributed by atoms with Crippen molar-refractivity contribution < 1.29 is 28.6 Å². The second kappa shape index (κ2) is 57.4. The molecule has 0 radical (unpaired) electrons. The van der Waals surface area contributed by atoms with Crippen molar-refractivity contribution in [3.05, 3.63) is 72.9 Å². The van der Waals surface area contributed by atoms with Gasteiger partial charge in [-0.3, -0.25) is 14.4 Å². The van der Waals surface area contributed by atoms with E-state index >= 15 is 0 Å². The largest absolute Gasteiger partial charge is 0.462 e. The standard InChI is InChI=1S/C63H110O6/c1-4-7-10-13-16-19-22-25-27-29-31-33-35-38-41-44-47-50-53-56-62(65)68-59-60(58-67-61(64)55-52-49-46-43-40-37-24-21-18-15-12-9-6-3)69-63(66)57-54-51-48-45-42-39-36-34-32-30-28-26-23-20-17-14-11-8-5-2/h16,19,21,24-25,27,31,33,38,41,47,50,60H,4-15,17-18,20,22-23,26,28-30,32,34-37,39-40,42-46,48-49,51-59H2,1-3H3/b19-16-,24-21-,27-25-,33-31-,41-38-,50-47-/t60-/m0/s1. The van der Waals surface area contributed by atoms with Gasteiger partial charge >= 0.3 is 17.9 Å². The van der Waals surface area contributed by atoms with E-state index in [1.165, 1.54) is 173 Å². The Labute approximate surface area is 427 Å². The molecule has 69 heavy (non-hydrogen) atoms. The van der Waals surface area contributed by atoms with Gasteiger partial charge in [0.25, 0.3) is 0 Å². The van der Waals surface area contributed by atoms with Crippen molar-refractivity contribution in [1.82, 2.24) is 0 Å². The van der Waals surface area contributed by atoms with Crippen LogP contribution in [0.1, 0.15) is 290 Å². The number of carbonyl (C=O) groups excluding carboxylic acids is 3. The predicted molar refractivity (Wildman–Crippen MR) is 298 cm³/mol. The zero-order valence-electron chi connectivity index (χ0n) is 45.6. The van der Waals surface area contributed by atoms with Gasteiger partial charge in [-0.1, -0.05) is 261 Å². The summed E-state index contributed by atoms with van der Waals surface area (Å²) in [5.74, 6) is -0.984. The first-order chi connectivity index (χ1) is 34.0. The summed E-state index contributed by atoms with van der Waals surface area (Å²) in [6, 6.07) is 0. The van der Waals surface area contributed by atoms with Gasteiger partial charge in [-0.15, -0.1) is 0 Å². The molecule has 0 aliphatic rings. The maximum Gasteiger partial charge on any atom is 0.306 e. The fourth-order valence-electron chi connectivity index (χ4n) is 8.24. The Kier molecular flexibility index (Phi) is 54.8. The molecule has 0 bridgehead atoms. The number of hydrogen-bond donors (Lipinski definition) is 0. The molecule has 0 N–H and O–H groups in total. The number of hydrogen-bond acceptors (Lipinski definition) is 6. The monoisotopic (exact) mass is 963 g/mol. The highest BCUT2D eigenvalue weighted by atomic mass is 16.6. The van der Waals surface area contributed by atoms with E-state index in [1.54, 1.807) is 0 Å². The molecule has 0 unspecified atom stereocenters. The molecule has 0 saturated heterocycles. The average Bonchev–Trinajstić information content (AvgIpc) is 3.35. The summed E-state index contributed by atoms with van der Waals surface area (Å²) in [6.07, 6.45) is 73.3. The molecule has 6 nitrogen and oxygen atoms in total. The second-order valence-electron chi connectivity index (χ2n) is 19.6. The molecule has 0 amide bonds. The first-order valence-electron chi connectivity index (χ1n) is 29.4. The van der Waals surface area contributed by atoms with E-state index in [-0.39, 0.29) is 37.5 Å². The highest BCUT2D eigenvalue weighted by Crippen LogP contribution is 2.16. The van der Waals surface area contributed by atoms with Gasteiger partial charge in [0.1, 0.15) is 13.2 Å². The van der Waals surface area contributed by atoms with Gasteiger partial charge in [0.05, 0.1) is 0 Å². The van der Waals surface area contributed by atoms with Crippen molar-refractivity contribution in [2.75, 3.05) is 13.2 Å². The molecule has 6 heteroatoms. The summed E-state index contributed by atoms with van der Waals surface area (Å²) in [4.78, 5) is 38.1. The summed E-state index contributed by atoms with van der Waals surface area (Å²) < 4.78 is 16.8. The van der Waals surface area contributed by atoms with E-state index in [0.717, 1.165) is 70.6 Å². The molecule has 1 atom stereocenters. The fraction of sp³-hybridized carbons (Fsp3) is 0.762. The van der Waals surface area contributed by atoms with Crippen LogP contribution in [0.15, 0.2) is 72.9 Å². The van der Waals surface area contributed by atoms with Crippen molar-refractivity contribution in [3.63, 3.8) is 0 Å². The van der Waals surface area contributed by atoms with Crippen molar-refractivity contribution in [2.24, 2.45) is 0 Å². The number of carbonyl (C=O) groups is 3. The van der Waals surface area contributed by atoms with Crippen LogP contribution in [0.4, 0.5) is 0 Å². The SMILES string of the molecule is CCCCC/C=C\C/C=C\C/C=C\C/C=C\C/C=C\CCC(=O)OC[C@H](COC(=O)CCCCCCC/C=C\CCCCCC)OC(=O)CCCCCCCCCCCCCCCCCCCCC. The maximum absolute atomic E-state index is 12.9. The van der Waals surface area contributed by atoms with E-state index < -0.39 is 6.10 Å². The van der Waals surface area contributed by atoms with Crippen LogP contribution in [0.2, 0.25) is 0 Å². The lowest BCUT2D eigenvalue weighted by Gasteiger charge is -2.18. The predicted octanol–water partition coefficient (Wildman–Crippen LogP) is 19.8. The number of ether oxygens (including phenoxy) is 3. The molecule has 0 aromatic heterocycles. The highest BCUT2D eigenvalue weighted by Gasteiger charge is 2.19. The maximum atomic E-state index is 12.9. The van der Waals surface area contributed by atoms with Gasteiger partial charge in [-0.25, -0.2) is 0 Å². The van der Waals surface area contributed by atoms with E-state index in [2.05, 4.69) is 87.6 Å². The number of allylic oxidation sites excluding steroid dienone is 12. The van der Waals surface area contributed by atoms with Gasteiger partial charge < -0.3 is 14.2 Å². The van der Waals surface area contributed by atoms with Gasteiger partial charge in [0, 0.05) is 19.3 Å². The minimum absolute atomic E-state index is 0.100. The smallest absolute Gasteiger partial charge is 0.306 e. The van der Waals surface area contributed by atoms with Crippen LogP contribution in [0.5, 0.6) is 0 Å². The fourth-order valence-corrected chi connectivity index (χ4v) is 8.24. The van der Waals surface area contributed by atoms with Crippen molar-refractivity contribution >= 4 is 17.9 Å². The Balaban J connectivity index is 4.45. The lowest BCUT2D eigenvalue weighted by atomic mass is 10.0. The summed E-state index contributed by atoms with van der Waals surface area (Å²) in [5.41, 5.74) is 0. The van der Waals surface area contributed by atoms with E-state index in [1.807, 2.05) is 6.08 Å². The minimum Gasteiger partial charge on any atom is -0.462 e.